The van der Waals surface area contributed by atoms with Crippen molar-refractivity contribution in [2.45, 2.75) is 6.92 Å². The number of amides is 1. The fourth-order valence-corrected chi connectivity index (χ4v) is 2.13. The number of nitrogens with zero attached hydrogens (tertiary/aromatic N) is 1. The molecule has 0 fully saturated rings. The molecule has 126 valence electrons. The minimum Gasteiger partial charge on any atom is -0.494 e. The predicted octanol–water partition coefficient (Wildman–Crippen LogP) is 4.38. The molecule has 0 saturated carbocycles. The Morgan fingerprint density at radius 2 is 1.96 bits per heavy atom. The maximum Gasteiger partial charge on any atom is 0.265 e. The Bertz CT molecular complexity index is 718. The van der Waals surface area contributed by atoms with Gasteiger partial charge in [0, 0.05) is 5.02 Å². The molecule has 0 unspecified atom stereocenters. The highest BCUT2D eigenvalue weighted by Gasteiger charge is 2.06. The van der Waals surface area contributed by atoms with E-state index in [1.165, 1.54) is 6.21 Å². The number of hydrogen-bond donors (Lipinski definition) is 1. The number of halogens is 2. The maximum absolute atomic E-state index is 11.8. The Balaban J connectivity index is 1.80. The number of nitrogens with one attached hydrogen (secondary N) is 1. The first-order chi connectivity index (χ1) is 11.6. The molecule has 2 rings (SSSR count). The van der Waals surface area contributed by atoms with Crippen LogP contribution in [0.3, 0.4) is 0 Å². The molecule has 0 heterocycles. The van der Waals surface area contributed by atoms with E-state index in [0.717, 1.165) is 11.3 Å². The standard InChI is InChI=1S/C17H16Cl2N2O3/c1-2-23-14-6-3-12(4-7-14)10-20-24-11-17(22)21-16-9-13(18)5-8-15(16)19/h3-10H,2,11H2,1H3,(H,21,22)/b20-10-. The summed E-state index contributed by atoms with van der Waals surface area (Å²) >= 11 is 11.8. The Labute approximate surface area is 150 Å². The van der Waals surface area contributed by atoms with Crippen LogP contribution in [0.15, 0.2) is 47.6 Å². The maximum atomic E-state index is 11.8. The number of ether oxygens (including phenoxy) is 1. The van der Waals surface area contributed by atoms with Gasteiger partial charge in [-0.25, -0.2) is 0 Å². The lowest BCUT2D eigenvalue weighted by atomic mass is 10.2. The average Bonchev–Trinajstić information content (AvgIpc) is 2.57. The number of hydrogen-bond acceptors (Lipinski definition) is 4. The van der Waals surface area contributed by atoms with Crippen LogP contribution in [-0.2, 0) is 9.63 Å². The van der Waals surface area contributed by atoms with E-state index in [1.807, 2.05) is 31.2 Å². The van der Waals surface area contributed by atoms with Crippen molar-refractivity contribution in [3.8, 4) is 5.75 Å². The van der Waals surface area contributed by atoms with Gasteiger partial charge < -0.3 is 14.9 Å². The van der Waals surface area contributed by atoms with Gasteiger partial charge in [0.2, 0.25) is 0 Å². The molecule has 24 heavy (non-hydrogen) atoms. The van der Waals surface area contributed by atoms with Gasteiger partial charge in [0.15, 0.2) is 6.61 Å². The van der Waals surface area contributed by atoms with Gasteiger partial charge in [-0.05, 0) is 55.0 Å². The molecule has 0 spiro atoms. The van der Waals surface area contributed by atoms with Crippen molar-refractivity contribution < 1.29 is 14.4 Å². The van der Waals surface area contributed by atoms with Crippen molar-refractivity contribution in [1.82, 2.24) is 0 Å². The molecule has 0 bridgehead atoms. The molecular formula is C17H16Cl2N2O3. The zero-order chi connectivity index (χ0) is 17.4. The molecule has 0 saturated heterocycles. The van der Waals surface area contributed by atoms with E-state index in [0.29, 0.717) is 22.3 Å². The number of benzene rings is 2. The van der Waals surface area contributed by atoms with E-state index in [1.54, 1.807) is 18.2 Å². The Morgan fingerprint density at radius 3 is 2.67 bits per heavy atom. The quantitative estimate of drug-likeness (QED) is 0.584. The first kappa shape index (κ1) is 18.1. The van der Waals surface area contributed by atoms with Crippen LogP contribution in [0.5, 0.6) is 5.75 Å². The molecule has 0 radical (unpaired) electrons. The van der Waals surface area contributed by atoms with E-state index < -0.39 is 0 Å². The Morgan fingerprint density at radius 1 is 1.21 bits per heavy atom. The highest BCUT2D eigenvalue weighted by Crippen LogP contribution is 2.25. The van der Waals surface area contributed by atoms with Crippen molar-refractivity contribution in [3.05, 3.63) is 58.1 Å². The summed E-state index contributed by atoms with van der Waals surface area (Å²) in [6.07, 6.45) is 1.51. The molecule has 0 aliphatic carbocycles. The van der Waals surface area contributed by atoms with Crippen LogP contribution in [0.1, 0.15) is 12.5 Å². The summed E-state index contributed by atoms with van der Waals surface area (Å²) in [5, 5.41) is 7.22. The third-order valence-corrected chi connectivity index (χ3v) is 3.43. The second kappa shape index (κ2) is 9.15. The SMILES string of the molecule is CCOc1ccc(/C=N\OCC(=O)Nc2cc(Cl)ccc2Cl)cc1. The topological polar surface area (TPSA) is 59.9 Å². The van der Waals surface area contributed by atoms with E-state index in [9.17, 15) is 4.79 Å². The average molecular weight is 367 g/mol. The number of oxime groups is 1. The molecular weight excluding hydrogens is 351 g/mol. The lowest BCUT2D eigenvalue weighted by Gasteiger charge is -2.06. The fraction of sp³-hybridized carbons (Fsp3) is 0.176. The van der Waals surface area contributed by atoms with Gasteiger partial charge in [-0.1, -0.05) is 28.4 Å². The van der Waals surface area contributed by atoms with Crippen molar-refractivity contribution in [1.29, 1.82) is 0 Å². The van der Waals surface area contributed by atoms with Crippen molar-refractivity contribution in [3.63, 3.8) is 0 Å². The highest BCUT2D eigenvalue weighted by atomic mass is 35.5. The second-order valence-corrected chi connectivity index (χ2v) is 5.53. The zero-order valence-electron chi connectivity index (χ0n) is 13.0. The molecule has 0 aliphatic rings. The fourth-order valence-electron chi connectivity index (χ4n) is 1.79. The van der Waals surface area contributed by atoms with Crippen LogP contribution >= 0.6 is 23.2 Å². The van der Waals surface area contributed by atoms with Crippen LogP contribution in [0.2, 0.25) is 10.0 Å². The third kappa shape index (κ3) is 5.76. The number of carbonyl (C=O) groups excluding carboxylic acids is 1. The van der Waals surface area contributed by atoms with Gasteiger partial charge in [0.05, 0.1) is 23.5 Å². The number of rotatable bonds is 7. The molecule has 7 heteroatoms. The lowest BCUT2D eigenvalue weighted by Crippen LogP contribution is -2.17. The van der Waals surface area contributed by atoms with Gasteiger partial charge in [-0.3, -0.25) is 4.79 Å². The first-order valence-corrected chi connectivity index (χ1v) is 7.97. The van der Waals surface area contributed by atoms with E-state index in [2.05, 4.69) is 10.5 Å². The predicted molar refractivity (Wildman–Crippen MR) is 96.2 cm³/mol. The summed E-state index contributed by atoms with van der Waals surface area (Å²) in [4.78, 5) is 16.7. The minimum absolute atomic E-state index is 0.240. The molecule has 0 aliphatic heterocycles. The smallest absolute Gasteiger partial charge is 0.265 e. The minimum atomic E-state index is -0.386. The molecule has 0 atom stereocenters. The van der Waals surface area contributed by atoms with Crippen molar-refractivity contribution >= 4 is 41.0 Å². The molecule has 5 nitrogen and oxygen atoms in total. The Hall–Kier alpha value is -2.24. The summed E-state index contributed by atoms with van der Waals surface area (Å²) in [6.45, 7) is 2.30. The van der Waals surface area contributed by atoms with Crippen LogP contribution < -0.4 is 10.1 Å². The molecule has 2 aromatic rings. The molecule has 1 amide bonds. The molecule has 1 N–H and O–H groups in total. The van der Waals surface area contributed by atoms with Gasteiger partial charge in [0.1, 0.15) is 5.75 Å². The lowest BCUT2D eigenvalue weighted by molar-refractivity contribution is -0.120. The largest absolute Gasteiger partial charge is 0.494 e. The van der Waals surface area contributed by atoms with Gasteiger partial charge in [-0.2, -0.15) is 0 Å². The van der Waals surface area contributed by atoms with Crippen LogP contribution in [-0.4, -0.2) is 25.3 Å². The number of anilines is 1. The number of carbonyl (C=O) groups is 1. The van der Waals surface area contributed by atoms with E-state index in [-0.39, 0.29) is 12.5 Å². The summed E-state index contributed by atoms with van der Waals surface area (Å²) < 4.78 is 5.34. The normalized spacial score (nSPS) is 10.6. The third-order valence-electron chi connectivity index (χ3n) is 2.87. The monoisotopic (exact) mass is 366 g/mol. The van der Waals surface area contributed by atoms with Gasteiger partial charge in [0.25, 0.3) is 5.91 Å². The molecule has 0 aromatic heterocycles. The summed E-state index contributed by atoms with van der Waals surface area (Å²) in [5.41, 5.74) is 1.25. The zero-order valence-corrected chi connectivity index (χ0v) is 14.5. The molecule has 2 aromatic carbocycles. The van der Waals surface area contributed by atoms with Gasteiger partial charge in [-0.15, -0.1) is 0 Å². The van der Waals surface area contributed by atoms with Crippen molar-refractivity contribution in [2.24, 2.45) is 5.16 Å². The highest BCUT2D eigenvalue weighted by molar-refractivity contribution is 6.35. The van der Waals surface area contributed by atoms with Crippen molar-refractivity contribution in [2.75, 3.05) is 18.5 Å². The summed E-state index contributed by atoms with van der Waals surface area (Å²) in [5.74, 6) is 0.399. The van der Waals surface area contributed by atoms with E-state index in [4.69, 9.17) is 32.8 Å². The summed E-state index contributed by atoms with van der Waals surface area (Å²) in [7, 11) is 0. The van der Waals surface area contributed by atoms with Crippen LogP contribution in [0, 0.1) is 0 Å². The Kier molecular flexibility index (Phi) is 6.90. The second-order valence-electron chi connectivity index (χ2n) is 4.68. The van der Waals surface area contributed by atoms with Crippen LogP contribution in [0.25, 0.3) is 0 Å². The first-order valence-electron chi connectivity index (χ1n) is 7.21. The summed E-state index contributed by atoms with van der Waals surface area (Å²) in [6, 6.07) is 12.1. The van der Waals surface area contributed by atoms with Crippen LogP contribution in [0.4, 0.5) is 5.69 Å². The van der Waals surface area contributed by atoms with E-state index >= 15 is 0 Å². The van der Waals surface area contributed by atoms with Gasteiger partial charge >= 0.3 is 0 Å².